The van der Waals surface area contributed by atoms with Crippen molar-refractivity contribution in [2.45, 2.75) is 106 Å². The van der Waals surface area contributed by atoms with E-state index < -0.39 is 106 Å². The third-order valence-corrected chi connectivity index (χ3v) is 11.0. The summed E-state index contributed by atoms with van der Waals surface area (Å²) in [6, 6.07) is 2.05. The molecule has 15 nitrogen and oxygen atoms in total. The van der Waals surface area contributed by atoms with Crippen LogP contribution in [0.5, 0.6) is 17.2 Å². The fourth-order valence-electron chi connectivity index (χ4n) is 8.38. The summed E-state index contributed by atoms with van der Waals surface area (Å²) in [5.74, 6) is -5.45. The number of benzene rings is 2. The van der Waals surface area contributed by atoms with Crippen molar-refractivity contribution in [2.75, 3.05) is 21.2 Å². The van der Waals surface area contributed by atoms with Gasteiger partial charge < -0.3 is 59.2 Å². The first kappa shape index (κ1) is 34.8. The third-order valence-electron chi connectivity index (χ3n) is 11.0. The van der Waals surface area contributed by atoms with E-state index in [1.807, 2.05) is 4.90 Å². The Morgan fingerprint density at radius 2 is 1.72 bits per heavy atom. The number of phenols is 2. The number of methoxy groups -OCH3 is 1. The Kier molecular flexibility index (Phi) is 8.12. The molecule has 2 saturated heterocycles. The number of fused-ring (bicyclic) bond motifs is 8. The molecule has 3 heterocycles. The van der Waals surface area contributed by atoms with Crippen LogP contribution in [0.15, 0.2) is 12.1 Å². The molecule has 7 rings (SSSR count). The van der Waals surface area contributed by atoms with E-state index >= 15 is 0 Å². The summed E-state index contributed by atoms with van der Waals surface area (Å²) in [6.45, 7) is 4.51. The summed E-state index contributed by atoms with van der Waals surface area (Å²) in [5.41, 5.74) is -4.81. The van der Waals surface area contributed by atoms with Crippen LogP contribution in [0, 0.1) is 0 Å². The summed E-state index contributed by atoms with van der Waals surface area (Å²) in [5, 5.41) is 66.9. The van der Waals surface area contributed by atoms with Gasteiger partial charge in [0, 0.05) is 42.0 Å². The van der Waals surface area contributed by atoms with Crippen molar-refractivity contribution in [3.05, 3.63) is 51.1 Å². The number of carbonyl (C=O) groups excluding carboxylic acids is 3. The molecule has 0 unspecified atom stereocenters. The van der Waals surface area contributed by atoms with Crippen molar-refractivity contribution in [1.29, 1.82) is 0 Å². The molecule has 0 amide bonds. The second-order valence-corrected chi connectivity index (χ2v) is 14.5. The highest BCUT2D eigenvalue weighted by molar-refractivity contribution is 6.31. The monoisotopic (exact) mass is 699 g/mol. The largest absolute Gasteiger partial charge is 0.507 e. The minimum absolute atomic E-state index is 0.0465. The predicted molar refractivity (Wildman–Crippen MR) is 169 cm³/mol. The van der Waals surface area contributed by atoms with Gasteiger partial charge in [-0.1, -0.05) is 0 Å². The lowest BCUT2D eigenvalue weighted by Crippen LogP contribution is -2.61. The van der Waals surface area contributed by atoms with Gasteiger partial charge in [-0.05, 0) is 52.6 Å². The van der Waals surface area contributed by atoms with Gasteiger partial charge in [-0.2, -0.15) is 0 Å². The number of nitrogens with zero attached hydrogens (tertiary/aromatic N) is 1. The molecule has 15 heteroatoms. The zero-order valence-electron chi connectivity index (χ0n) is 28.4. The van der Waals surface area contributed by atoms with Crippen LogP contribution in [0.4, 0.5) is 0 Å². The Labute approximate surface area is 286 Å². The SMILES string of the molecule is COC(=O)[C@@H]1c2cc3c(c(O)c2[C@@H](O[C@H]2C[C@H](O)[C@@H](O)[C@H](C)O2)C[C@]1(C)O)C(=O)c1c(O)cc2c(c1C3=O)O[C@H]1C[C@H](N(C)C)[C@H](O)[C@]2(C)O1. The van der Waals surface area contributed by atoms with Crippen molar-refractivity contribution in [3.8, 4) is 17.2 Å². The number of ketones is 2. The van der Waals surface area contributed by atoms with E-state index in [9.17, 15) is 45.0 Å². The maximum atomic E-state index is 14.6. The number of hydrogen-bond donors (Lipinski definition) is 6. The normalized spacial score (nSPS) is 37.3. The van der Waals surface area contributed by atoms with Gasteiger partial charge in [0.1, 0.15) is 41.0 Å². The minimum Gasteiger partial charge on any atom is -0.507 e. The number of aliphatic hydroxyl groups excluding tert-OH is 3. The lowest BCUT2D eigenvalue weighted by atomic mass is 9.68. The molecule has 5 aliphatic rings. The molecule has 6 N–H and O–H groups in total. The van der Waals surface area contributed by atoms with E-state index in [0.29, 0.717) is 0 Å². The van der Waals surface area contributed by atoms with Crippen LogP contribution in [0.3, 0.4) is 0 Å². The van der Waals surface area contributed by atoms with Gasteiger partial charge in [0.05, 0.1) is 47.7 Å². The number of aliphatic hydroxyl groups is 4. The maximum Gasteiger partial charge on any atom is 0.316 e. The number of carbonyl (C=O) groups is 3. The van der Waals surface area contributed by atoms with E-state index in [1.54, 1.807) is 21.0 Å². The minimum atomic E-state index is -1.87. The van der Waals surface area contributed by atoms with Crippen molar-refractivity contribution >= 4 is 17.5 Å². The fraction of sp³-hybridized carbons (Fsp3) is 0.571. The van der Waals surface area contributed by atoms with Crippen LogP contribution in [0.2, 0.25) is 0 Å². The summed E-state index contributed by atoms with van der Waals surface area (Å²) >= 11 is 0. The molecule has 0 radical (unpaired) electrons. The average Bonchev–Trinajstić information content (AvgIpc) is 3.03. The molecule has 0 aromatic heterocycles. The highest BCUT2D eigenvalue weighted by Crippen LogP contribution is 2.56. The Hall–Kier alpha value is -3.67. The van der Waals surface area contributed by atoms with Crippen LogP contribution in [-0.4, -0.2) is 123 Å². The van der Waals surface area contributed by atoms with E-state index in [2.05, 4.69) is 0 Å². The number of likely N-dealkylation sites (N-methyl/N-ethyl adjacent to an activating group) is 1. The highest BCUT2D eigenvalue weighted by Gasteiger charge is 2.56. The molecule has 2 fully saturated rings. The predicted octanol–water partition coefficient (Wildman–Crippen LogP) is 0.844. The summed E-state index contributed by atoms with van der Waals surface area (Å²) < 4.78 is 29.2. The molecular formula is C35H41NO14. The van der Waals surface area contributed by atoms with Crippen molar-refractivity contribution in [3.63, 3.8) is 0 Å². The van der Waals surface area contributed by atoms with Crippen molar-refractivity contribution in [2.24, 2.45) is 0 Å². The number of hydrogen-bond acceptors (Lipinski definition) is 15. The number of ether oxygens (including phenoxy) is 5. The van der Waals surface area contributed by atoms with Gasteiger partial charge in [-0.25, -0.2) is 0 Å². The first-order valence-electron chi connectivity index (χ1n) is 16.5. The average molecular weight is 700 g/mol. The summed E-state index contributed by atoms with van der Waals surface area (Å²) in [6.07, 6.45) is -7.87. The smallest absolute Gasteiger partial charge is 0.316 e. The van der Waals surface area contributed by atoms with Gasteiger partial charge in [0.25, 0.3) is 0 Å². The molecule has 2 bridgehead atoms. The van der Waals surface area contributed by atoms with Gasteiger partial charge in [0.2, 0.25) is 12.1 Å². The molecule has 3 aliphatic heterocycles. The second kappa shape index (κ2) is 11.7. The zero-order valence-corrected chi connectivity index (χ0v) is 28.4. The first-order chi connectivity index (χ1) is 23.4. The van der Waals surface area contributed by atoms with Crippen LogP contribution in [-0.2, 0) is 29.3 Å². The zero-order chi connectivity index (χ0) is 36.4. The van der Waals surface area contributed by atoms with Gasteiger partial charge in [0.15, 0.2) is 12.1 Å². The lowest BCUT2D eigenvalue weighted by Gasteiger charge is -2.52. The number of rotatable bonds is 4. The molecule has 50 heavy (non-hydrogen) atoms. The van der Waals surface area contributed by atoms with E-state index in [4.69, 9.17) is 23.7 Å². The molecular weight excluding hydrogens is 658 g/mol. The molecule has 2 aromatic rings. The van der Waals surface area contributed by atoms with Crippen LogP contribution in [0.1, 0.15) is 101 Å². The maximum absolute atomic E-state index is 14.6. The molecule has 0 saturated carbocycles. The molecule has 0 spiro atoms. The first-order valence-corrected chi connectivity index (χ1v) is 16.5. The fourth-order valence-corrected chi connectivity index (χ4v) is 8.38. The van der Waals surface area contributed by atoms with E-state index in [0.717, 1.165) is 7.11 Å². The number of aromatic hydroxyl groups is 2. The van der Waals surface area contributed by atoms with Gasteiger partial charge >= 0.3 is 5.97 Å². The highest BCUT2D eigenvalue weighted by atomic mass is 16.7. The summed E-state index contributed by atoms with van der Waals surface area (Å²) in [4.78, 5) is 43.9. The summed E-state index contributed by atoms with van der Waals surface area (Å²) in [7, 11) is 4.71. The Morgan fingerprint density at radius 3 is 2.36 bits per heavy atom. The van der Waals surface area contributed by atoms with Crippen LogP contribution in [0.25, 0.3) is 0 Å². The van der Waals surface area contributed by atoms with Gasteiger partial charge in [-0.3, -0.25) is 14.4 Å². The lowest BCUT2D eigenvalue weighted by molar-refractivity contribution is -0.274. The van der Waals surface area contributed by atoms with Crippen molar-refractivity contribution in [1.82, 2.24) is 4.90 Å². The topological polar surface area (TPSA) is 222 Å². The van der Waals surface area contributed by atoms with Crippen LogP contribution >= 0.6 is 0 Å². The third kappa shape index (κ3) is 4.90. The molecule has 11 atom stereocenters. The number of esters is 1. The van der Waals surface area contributed by atoms with E-state index in [-0.39, 0.29) is 52.8 Å². The van der Waals surface area contributed by atoms with Gasteiger partial charge in [-0.15, -0.1) is 0 Å². The standard InChI is InChI=1S/C35H41NO14/c1-12-27(39)18(38)10-20(47-12)48-19-11-34(2,45)26(33(44)46-6)13-7-14-23(29(41)22(13)19)30(42)24-17(37)8-15-31(25(24)28(14)40)49-21-9-16(36(4)5)32(43)35(15,3)50-21/h7-8,12,16,18-21,26-27,32,37-39,41,43,45H,9-11H2,1-6H3/t12-,16-,18-,19-,20-,21+,26-,27-,32-,34-,35+/m0/s1. The van der Waals surface area contributed by atoms with E-state index in [1.165, 1.54) is 26.0 Å². The van der Waals surface area contributed by atoms with Crippen LogP contribution < -0.4 is 4.74 Å². The Morgan fingerprint density at radius 1 is 1.02 bits per heavy atom. The Bertz CT molecular complexity index is 1790. The second-order valence-electron chi connectivity index (χ2n) is 14.5. The van der Waals surface area contributed by atoms with Crippen molar-refractivity contribution < 1.29 is 68.7 Å². The quantitative estimate of drug-likeness (QED) is 0.208. The molecule has 270 valence electrons. The Balaban J connectivity index is 1.40. The molecule has 2 aliphatic carbocycles. The number of phenolic OH excluding ortho intramolecular Hbond substituents is 2. The molecule has 2 aromatic carbocycles.